The van der Waals surface area contributed by atoms with Crippen LogP contribution in [0.1, 0.15) is 22.0 Å². The molecule has 0 saturated carbocycles. The highest BCUT2D eigenvalue weighted by Crippen LogP contribution is 1.96. The molecule has 7 heteroatoms. The first-order valence-electron chi connectivity index (χ1n) is 5.30. The number of hydrogen-bond acceptors (Lipinski definition) is 4. The minimum absolute atomic E-state index is 0.175. The third kappa shape index (κ3) is 2.90. The van der Waals surface area contributed by atoms with E-state index in [0.29, 0.717) is 12.4 Å². The Hall–Kier alpha value is -2.18. The average molecular weight is 234 g/mol. The van der Waals surface area contributed by atoms with E-state index in [0.717, 1.165) is 12.0 Å². The SMILES string of the molecule is Cc1nc(C(=O)NCCc2cnn(C)c2)n[nH]1. The Balaban J connectivity index is 1.81. The maximum atomic E-state index is 11.6. The quantitative estimate of drug-likeness (QED) is 0.768. The van der Waals surface area contributed by atoms with Crippen molar-refractivity contribution in [2.75, 3.05) is 6.54 Å². The molecule has 7 nitrogen and oxygen atoms in total. The second-order valence-corrected chi connectivity index (χ2v) is 3.77. The zero-order valence-corrected chi connectivity index (χ0v) is 9.77. The lowest BCUT2D eigenvalue weighted by molar-refractivity contribution is 0.0944. The van der Waals surface area contributed by atoms with E-state index in [9.17, 15) is 4.79 Å². The summed E-state index contributed by atoms with van der Waals surface area (Å²) >= 11 is 0. The highest BCUT2D eigenvalue weighted by atomic mass is 16.2. The van der Waals surface area contributed by atoms with Crippen molar-refractivity contribution in [3.8, 4) is 0 Å². The van der Waals surface area contributed by atoms with Crippen LogP contribution in [0.4, 0.5) is 0 Å². The topological polar surface area (TPSA) is 88.5 Å². The molecule has 90 valence electrons. The van der Waals surface area contributed by atoms with Gasteiger partial charge in [0, 0.05) is 19.8 Å². The van der Waals surface area contributed by atoms with Crippen LogP contribution < -0.4 is 5.32 Å². The Bertz CT molecular complexity index is 514. The molecular weight excluding hydrogens is 220 g/mol. The van der Waals surface area contributed by atoms with Gasteiger partial charge in [-0.3, -0.25) is 14.6 Å². The summed E-state index contributed by atoms with van der Waals surface area (Å²) in [6.07, 6.45) is 4.44. The maximum absolute atomic E-state index is 11.6. The number of nitrogens with zero attached hydrogens (tertiary/aromatic N) is 4. The fourth-order valence-electron chi connectivity index (χ4n) is 1.44. The molecule has 0 spiro atoms. The standard InChI is InChI=1S/C10H14N6O/c1-7-13-9(15-14-7)10(17)11-4-3-8-5-12-16(2)6-8/h5-6H,3-4H2,1-2H3,(H,11,17)(H,13,14,15). The fraction of sp³-hybridized carbons (Fsp3) is 0.400. The Morgan fingerprint density at radius 1 is 1.59 bits per heavy atom. The molecule has 0 saturated heterocycles. The smallest absolute Gasteiger partial charge is 0.290 e. The van der Waals surface area contributed by atoms with Crippen LogP contribution in [-0.2, 0) is 13.5 Å². The van der Waals surface area contributed by atoms with Gasteiger partial charge in [-0.25, -0.2) is 4.98 Å². The largest absolute Gasteiger partial charge is 0.349 e. The summed E-state index contributed by atoms with van der Waals surface area (Å²) in [6, 6.07) is 0. The predicted molar refractivity (Wildman–Crippen MR) is 60.4 cm³/mol. The van der Waals surface area contributed by atoms with Gasteiger partial charge < -0.3 is 5.32 Å². The molecule has 2 rings (SSSR count). The number of H-pyrrole nitrogens is 1. The van der Waals surface area contributed by atoms with Crippen LogP contribution >= 0.6 is 0 Å². The molecular formula is C10H14N6O. The van der Waals surface area contributed by atoms with Gasteiger partial charge in [0.2, 0.25) is 5.82 Å². The lowest BCUT2D eigenvalue weighted by Gasteiger charge is -2.00. The molecule has 0 aliphatic carbocycles. The Morgan fingerprint density at radius 2 is 2.41 bits per heavy atom. The molecule has 0 unspecified atom stereocenters. The van der Waals surface area contributed by atoms with Gasteiger partial charge in [-0.1, -0.05) is 0 Å². The molecule has 2 heterocycles. The van der Waals surface area contributed by atoms with Crippen molar-refractivity contribution >= 4 is 5.91 Å². The van der Waals surface area contributed by atoms with Crippen LogP contribution in [0.3, 0.4) is 0 Å². The first kappa shape index (κ1) is 11.3. The minimum Gasteiger partial charge on any atom is -0.349 e. The molecule has 0 aliphatic rings. The number of carbonyl (C=O) groups is 1. The number of aromatic nitrogens is 5. The van der Waals surface area contributed by atoms with Crippen molar-refractivity contribution in [2.24, 2.45) is 7.05 Å². The monoisotopic (exact) mass is 234 g/mol. The summed E-state index contributed by atoms with van der Waals surface area (Å²) in [4.78, 5) is 15.5. The van der Waals surface area contributed by atoms with Gasteiger partial charge >= 0.3 is 0 Å². The molecule has 2 N–H and O–H groups in total. The molecule has 0 radical (unpaired) electrons. The van der Waals surface area contributed by atoms with Crippen LogP contribution in [0.2, 0.25) is 0 Å². The van der Waals surface area contributed by atoms with E-state index in [1.165, 1.54) is 0 Å². The van der Waals surface area contributed by atoms with Crippen LogP contribution in [0.15, 0.2) is 12.4 Å². The van der Waals surface area contributed by atoms with E-state index in [1.807, 2.05) is 13.2 Å². The number of amides is 1. The lowest BCUT2D eigenvalue weighted by atomic mass is 10.2. The van der Waals surface area contributed by atoms with E-state index in [-0.39, 0.29) is 11.7 Å². The summed E-state index contributed by atoms with van der Waals surface area (Å²) in [7, 11) is 1.86. The average Bonchev–Trinajstić information content (AvgIpc) is 2.88. The van der Waals surface area contributed by atoms with Crippen molar-refractivity contribution < 1.29 is 4.79 Å². The van der Waals surface area contributed by atoms with Crippen LogP contribution in [-0.4, -0.2) is 37.4 Å². The zero-order valence-electron chi connectivity index (χ0n) is 9.77. The van der Waals surface area contributed by atoms with Gasteiger partial charge in [0.1, 0.15) is 5.82 Å². The van der Waals surface area contributed by atoms with Crippen molar-refractivity contribution in [1.82, 2.24) is 30.3 Å². The highest BCUT2D eigenvalue weighted by molar-refractivity contribution is 5.90. The lowest BCUT2D eigenvalue weighted by Crippen LogP contribution is -2.26. The minimum atomic E-state index is -0.266. The molecule has 2 aromatic rings. The number of nitrogens with one attached hydrogen (secondary N) is 2. The van der Waals surface area contributed by atoms with Gasteiger partial charge in [0.15, 0.2) is 0 Å². The van der Waals surface area contributed by atoms with Crippen molar-refractivity contribution in [3.05, 3.63) is 29.6 Å². The van der Waals surface area contributed by atoms with E-state index in [4.69, 9.17) is 0 Å². The second kappa shape index (κ2) is 4.77. The molecule has 0 aromatic carbocycles. The zero-order chi connectivity index (χ0) is 12.3. The summed E-state index contributed by atoms with van der Waals surface area (Å²) < 4.78 is 1.73. The summed E-state index contributed by atoms with van der Waals surface area (Å²) in [6.45, 7) is 2.29. The first-order valence-corrected chi connectivity index (χ1v) is 5.30. The van der Waals surface area contributed by atoms with Crippen LogP contribution in [0.25, 0.3) is 0 Å². The second-order valence-electron chi connectivity index (χ2n) is 3.77. The number of rotatable bonds is 4. The van der Waals surface area contributed by atoms with Crippen molar-refractivity contribution in [2.45, 2.75) is 13.3 Å². The third-order valence-corrected chi connectivity index (χ3v) is 2.26. The van der Waals surface area contributed by atoms with E-state index in [1.54, 1.807) is 17.8 Å². The highest BCUT2D eigenvalue weighted by Gasteiger charge is 2.09. The van der Waals surface area contributed by atoms with Crippen molar-refractivity contribution in [3.63, 3.8) is 0 Å². The van der Waals surface area contributed by atoms with E-state index < -0.39 is 0 Å². The molecule has 0 aliphatic heterocycles. The Kier molecular flexibility index (Phi) is 3.17. The Morgan fingerprint density at radius 3 is 3.00 bits per heavy atom. The fourth-order valence-corrected chi connectivity index (χ4v) is 1.44. The first-order chi connectivity index (χ1) is 8.15. The van der Waals surface area contributed by atoms with Crippen molar-refractivity contribution in [1.29, 1.82) is 0 Å². The summed E-state index contributed by atoms with van der Waals surface area (Å²) in [5.74, 6) is 0.536. The van der Waals surface area contributed by atoms with Crippen LogP contribution in [0, 0.1) is 6.92 Å². The van der Waals surface area contributed by atoms with E-state index in [2.05, 4.69) is 25.6 Å². The van der Waals surface area contributed by atoms with Gasteiger partial charge in [-0.2, -0.15) is 5.10 Å². The van der Waals surface area contributed by atoms with E-state index >= 15 is 0 Å². The molecule has 17 heavy (non-hydrogen) atoms. The summed E-state index contributed by atoms with van der Waals surface area (Å²) in [5.41, 5.74) is 1.08. The molecule has 0 bridgehead atoms. The van der Waals surface area contributed by atoms with Gasteiger partial charge in [-0.05, 0) is 18.9 Å². The number of hydrogen-bond donors (Lipinski definition) is 2. The molecule has 1 amide bonds. The number of aryl methyl sites for hydroxylation is 2. The maximum Gasteiger partial charge on any atom is 0.290 e. The van der Waals surface area contributed by atoms with Gasteiger partial charge in [0.25, 0.3) is 5.91 Å². The van der Waals surface area contributed by atoms with Crippen LogP contribution in [0.5, 0.6) is 0 Å². The predicted octanol–water partition coefficient (Wildman–Crippen LogP) is -0.181. The normalized spacial score (nSPS) is 10.5. The summed E-state index contributed by atoms with van der Waals surface area (Å²) in [5, 5.41) is 13.2. The third-order valence-electron chi connectivity index (χ3n) is 2.26. The molecule has 2 aromatic heterocycles. The van der Waals surface area contributed by atoms with Gasteiger partial charge in [-0.15, -0.1) is 5.10 Å². The molecule has 0 fully saturated rings. The number of carbonyl (C=O) groups excluding carboxylic acids is 1. The number of aromatic amines is 1. The molecule has 0 atom stereocenters. The van der Waals surface area contributed by atoms with Gasteiger partial charge in [0.05, 0.1) is 6.20 Å². The Labute approximate surface area is 98.2 Å².